The van der Waals surface area contributed by atoms with Gasteiger partial charge in [-0.2, -0.15) is 0 Å². The molecule has 2 rings (SSSR count). The second-order valence-electron chi connectivity index (χ2n) is 5.82. The number of ether oxygens (including phenoxy) is 1. The van der Waals surface area contributed by atoms with E-state index in [0.717, 1.165) is 31.8 Å². The summed E-state index contributed by atoms with van der Waals surface area (Å²) in [6.45, 7) is 10.1. The largest absolute Gasteiger partial charge is 0.497 e. The quantitative estimate of drug-likeness (QED) is 0.833. The first-order valence-corrected chi connectivity index (χ1v) is 8.39. The Bertz CT molecular complexity index is 443. The first-order chi connectivity index (χ1) is 10.2. The molecule has 0 saturated carbocycles. The van der Waals surface area contributed by atoms with Gasteiger partial charge >= 0.3 is 0 Å². The third-order valence-corrected chi connectivity index (χ3v) is 4.68. The second kappa shape index (κ2) is 7.81. The van der Waals surface area contributed by atoms with Crippen LogP contribution in [0.15, 0.2) is 18.2 Å². The van der Waals surface area contributed by atoms with Crippen LogP contribution < -0.4 is 10.1 Å². The predicted molar refractivity (Wildman–Crippen MR) is 89.1 cm³/mol. The normalized spacial score (nSPS) is 21.4. The Labute approximate surface area is 129 Å². The topological polar surface area (TPSA) is 24.5 Å². The van der Waals surface area contributed by atoms with Crippen LogP contribution in [0.1, 0.15) is 50.8 Å². The van der Waals surface area contributed by atoms with Gasteiger partial charge in [0.25, 0.3) is 0 Å². The molecule has 0 aromatic heterocycles. The van der Waals surface area contributed by atoms with Crippen molar-refractivity contribution in [1.82, 2.24) is 10.2 Å². The molecule has 0 amide bonds. The molecule has 0 heterocycles. The van der Waals surface area contributed by atoms with Gasteiger partial charge < -0.3 is 10.1 Å². The predicted octanol–water partition coefficient (Wildman–Crippen LogP) is 3.39. The summed E-state index contributed by atoms with van der Waals surface area (Å²) >= 11 is 0. The van der Waals surface area contributed by atoms with E-state index in [4.69, 9.17) is 4.74 Å². The maximum absolute atomic E-state index is 5.38. The molecular formula is C18H30N2O. The van der Waals surface area contributed by atoms with Gasteiger partial charge in [0.05, 0.1) is 7.11 Å². The number of hydrogen-bond donors (Lipinski definition) is 1. The summed E-state index contributed by atoms with van der Waals surface area (Å²) in [5, 5.41) is 3.78. The van der Waals surface area contributed by atoms with E-state index in [9.17, 15) is 0 Å². The minimum absolute atomic E-state index is 0.444. The highest BCUT2D eigenvalue weighted by atomic mass is 16.5. The number of nitrogens with zero attached hydrogens (tertiary/aromatic N) is 1. The summed E-state index contributed by atoms with van der Waals surface area (Å²) < 4.78 is 5.38. The lowest BCUT2D eigenvalue weighted by Gasteiger charge is -2.41. The third-order valence-electron chi connectivity index (χ3n) is 4.68. The van der Waals surface area contributed by atoms with E-state index in [1.54, 1.807) is 7.11 Å². The summed E-state index contributed by atoms with van der Waals surface area (Å²) in [6.07, 6.45) is 3.55. The lowest BCUT2D eigenvalue weighted by molar-refractivity contribution is 0.154. The Balaban J connectivity index is 2.30. The van der Waals surface area contributed by atoms with Crippen molar-refractivity contribution in [2.75, 3.05) is 26.7 Å². The molecule has 0 aliphatic heterocycles. The van der Waals surface area contributed by atoms with Gasteiger partial charge in [0.2, 0.25) is 0 Å². The molecule has 118 valence electrons. The smallest absolute Gasteiger partial charge is 0.119 e. The van der Waals surface area contributed by atoms with Crippen molar-refractivity contribution >= 4 is 0 Å². The maximum Gasteiger partial charge on any atom is 0.119 e. The molecule has 1 aromatic carbocycles. The lowest BCUT2D eigenvalue weighted by Crippen LogP contribution is -2.47. The molecule has 1 aliphatic rings. The van der Waals surface area contributed by atoms with Crippen LogP contribution in [0.2, 0.25) is 0 Å². The standard InChI is InChI=1S/C18H30N2O/c1-5-12-19-18-16-10-9-15(21-4)13-14(16)8-11-17(18)20(6-2)7-3/h9-10,13,17-19H,5-8,11-12H2,1-4H3. The van der Waals surface area contributed by atoms with E-state index in [1.165, 1.54) is 24.0 Å². The van der Waals surface area contributed by atoms with Gasteiger partial charge in [-0.15, -0.1) is 0 Å². The highest BCUT2D eigenvalue weighted by Crippen LogP contribution is 2.35. The van der Waals surface area contributed by atoms with Crippen molar-refractivity contribution in [3.8, 4) is 5.75 Å². The maximum atomic E-state index is 5.38. The molecule has 1 aliphatic carbocycles. The highest BCUT2D eigenvalue weighted by Gasteiger charge is 2.32. The van der Waals surface area contributed by atoms with Gasteiger partial charge in [0.1, 0.15) is 5.75 Å². The summed E-state index contributed by atoms with van der Waals surface area (Å²) in [4.78, 5) is 2.60. The van der Waals surface area contributed by atoms with Gasteiger partial charge in [0, 0.05) is 12.1 Å². The number of hydrogen-bond acceptors (Lipinski definition) is 3. The Kier molecular flexibility index (Phi) is 6.07. The van der Waals surface area contributed by atoms with Gasteiger partial charge in [-0.3, -0.25) is 4.90 Å². The molecule has 1 aromatic rings. The monoisotopic (exact) mass is 290 g/mol. The van der Waals surface area contributed by atoms with Gasteiger partial charge in [-0.05, 0) is 62.2 Å². The van der Waals surface area contributed by atoms with Gasteiger partial charge in [-0.25, -0.2) is 0 Å². The van der Waals surface area contributed by atoms with Crippen molar-refractivity contribution in [2.45, 2.75) is 52.1 Å². The van der Waals surface area contributed by atoms with Crippen LogP contribution in [-0.4, -0.2) is 37.7 Å². The molecule has 2 atom stereocenters. The van der Waals surface area contributed by atoms with E-state index in [-0.39, 0.29) is 0 Å². The molecule has 0 fully saturated rings. The summed E-state index contributed by atoms with van der Waals surface area (Å²) in [6, 6.07) is 7.63. The molecule has 0 bridgehead atoms. The van der Waals surface area contributed by atoms with Crippen molar-refractivity contribution in [3.63, 3.8) is 0 Å². The van der Waals surface area contributed by atoms with E-state index in [1.807, 2.05) is 0 Å². The molecule has 0 radical (unpaired) electrons. The first-order valence-electron chi connectivity index (χ1n) is 8.39. The number of aryl methyl sites for hydroxylation is 1. The Morgan fingerprint density at radius 1 is 1.24 bits per heavy atom. The van der Waals surface area contributed by atoms with Crippen molar-refractivity contribution < 1.29 is 4.74 Å². The van der Waals surface area contributed by atoms with Crippen LogP contribution in [0.4, 0.5) is 0 Å². The number of nitrogens with one attached hydrogen (secondary N) is 1. The lowest BCUT2D eigenvalue weighted by atomic mass is 9.83. The van der Waals surface area contributed by atoms with Crippen LogP contribution in [0.5, 0.6) is 5.75 Å². The van der Waals surface area contributed by atoms with Crippen molar-refractivity contribution in [2.24, 2.45) is 0 Å². The number of fused-ring (bicyclic) bond motifs is 1. The Morgan fingerprint density at radius 3 is 2.62 bits per heavy atom. The second-order valence-corrected chi connectivity index (χ2v) is 5.82. The Morgan fingerprint density at radius 2 is 2.00 bits per heavy atom. The van der Waals surface area contributed by atoms with Gasteiger partial charge in [0.15, 0.2) is 0 Å². The highest BCUT2D eigenvalue weighted by molar-refractivity contribution is 5.40. The first kappa shape index (κ1) is 16.3. The van der Waals surface area contributed by atoms with Crippen LogP contribution in [0.3, 0.4) is 0 Å². The Hall–Kier alpha value is -1.06. The fraction of sp³-hybridized carbons (Fsp3) is 0.667. The zero-order valence-corrected chi connectivity index (χ0v) is 14.0. The average molecular weight is 290 g/mol. The minimum Gasteiger partial charge on any atom is -0.497 e. The van der Waals surface area contributed by atoms with Crippen molar-refractivity contribution in [3.05, 3.63) is 29.3 Å². The average Bonchev–Trinajstić information content (AvgIpc) is 2.54. The molecule has 1 N–H and O–H groups in total. The van der Waals surface area contributed by atoms with Crippen LogP contribution >= 0.6 is 0 Å². The SMILES string of the molecule is CCCNC1c2ccc(OC)cc2CCC1N(CC)CC. The van der Waals surface area contributed by atoms with E-state index in [0.29, 0.717) is 12.1 Å². The number of benzene rings is 1. The molecule has 21 heavy (non-hydrogen) atoms. The van der Waals surface area contributed by atoms with Gasteiger partial charge in [-0.1, -0.05) is 26.8 Å². The van der Waals surface area contributed by atoms with E-state index >= 15 is 0 Å². The minimum atomic E-state index is 0.444. The fourth-order valence-electron chi connectivity index (χ4n) is 3.54. The summed E-state index contributed by atoms with van der Waals surface area (Å²) in [5.41, 5.74) is 2.92. The molecule has 3 heteroatoms. The molecule has 3 nitrogen and oxygen atoms in total. The van der Waals surface area contributed by atoms with Crippen LogP contribution in [0.25, 0.3) is 0 Å². The summed E-state index contributed by atoms with van der Waals surface area (Å²) in [5.74, 6) is 0.976. The van der Waals surface area contributed by atoms with E-state index < -0.39 is 0 Å². The molecular weight excluding hydrogens is 260 g/mol. The number of likely N-dealkylation sites (N-methyl/N-ethyl adjacent to an activating group) is 1. The van der Waals surface area contributed by atoms with Crippen molar-refractivity contribution in [1.29, 1.82) is 0 Å². The number of methoxy groups -OCH3 is 1. The zero-order chi connectivity index (χ0) is 15.2. The van der Waals surface area contributed by atoms with Crippen LogP contribution in [0, 0.1) is 0 Å². The third kappa shape index (κ3) is 3.58. The molecule has 0 spiro atoms. The molecule has 2 unspecified atom stereocenters. The summed E-state index contributed by atoms with van der Waals surface area (Å²) in [7, 11) is 1.75. The zero-order valence-electron chi connectivity index (χ0n) is 14.0. The molecule has 0 saturated heterocycles. The van der Waals surface area contributed by atoms with Crippen LogP contribution in [-0.2, 0) is 6.42 Å². The number of rotatable bonds is 7. The van der Waals surface area contributed by atoms with E-state index in [2.05, 4.69) is 49.2 Å². The fourth-order valence-corrected chi connectivity index (χ4v) is 3.54.